The van der Waals surface area contributed by atoms with Gasteiger partial charge in [-0.05, 0) is 12.1 Å². The number of hydrogen-bond donors (Lipinski definition) is 4. The smallest absolute Gasteiger partial charge is 0.371 e. The number of aromatic amines is 1. The normalized spacial score (nSPS) is 10.9. The molecule has 0 saturated carbocycles. The molecule has 0 radical (unpaired) electrons. The number of aliphatic hydroxyl groups excluding tert-OH is 1. The van der Waals surface area contributed by atoms with E-state index in [2.05, 4.69) is 10.2 Å². The van der Waals surface area contributed by atoms with Crippen molar-refractivity contribution in [2.24, 2.45) is 0 Å². The van der Waals surface area contributed by atoms with Crippen molar-refractivity contribution in [2.45, 2.75) is 13.8 Å². The van der Waals surface area contributed by atoms with Gasteiger partial charge in [-0.1, -0.05) is 13.8 Å². The summed E-state index contributed by atoms with van der Waals surface area (Å²) in [5.74, 6) is -3.41. The van der Waals surface area contributed by atoms with E-state index >= 15 is 0 Å². The van der Waals surface area contributed by atoms with E-state index in [9.17, 15) is 9.59 Å². The van der Waals surface area contributed by atoms with E-state index in [0.29, 0.717) is 5.69 Å². The fourth-order valence-corrected chi connectivity index (χ4v) is 0.878. The number of hydrogen-bond acceptors (Lipinski definition) is 4. The second-order valence-electron chi connectivity index (χ2n) is 2.75. The molecule has 0 aliphatic carbocycles. The Labute approximate surface area is 103 Å². The number of nitrogens with zero attached hydrogens (tertiary/aromatic N) is 1. The third-order valence-electron chi connectivity index (χ3n) is 1.53. The van der Waals surface area contributed by atoms with Gasteiger partial charge in [0.05, 0.1) is 11.4 Å². The molecule has 0 unspecified atom stereocenters. The molecule has 0 spiro atoms. The topological polar surface area (TPSA) is 124 Å². The Hall–Kier alpha value is -2.57. The number of rotatable bonds is 4. The van der Waals surface area contributed by atoms with Gasteiger partial charge in [-0.15, -0.1) is 0 Å². The van der Waals surface area contributed by atoms with Gasteiger partial charge >= 0.3 is 11.9 Å². The molecule has 4 N–H and O–H groups in total. The van der Waals surface area contributed by atoms with Gasteiger partial charge in [0.1, 0.15) is 0 Å². The van der Waals surface area contributed by atoms with Crippen LogP contribution in [-0.4, -0.2) is 37.5 Å². The summed E-state index contributed by atoms with van der Waals surface area (Å²) in [5.41, 5.74) is 0.566. The van der Waals surface area contributed by atoms with Crippen LogP contribution in [0.3, 0.4) is 0 Å². The molecular weight excluding hydrogens is 240 g/mol. The van der Waals surface area contributed by atoms with Gasteiger partial charge in [-0.2, -0.15) is 5.10 Å². The van der Waals surface area contributed by atoms with Crippen molar-refractivity contribution in [3.05, 3.63) is 29.3 Å². The van der Waals surface area contributed by atoms with Gasteiger partial charge in [0.25, 0.3) is 0 Å². The lowest BCUT2D eigenvalue weighted by molar-refractivity contribution is -0.135. The van der Waals surface area contributed by atoms with Crippen molar-refractivity contribution >= 4 is 24.1 Å². The van der Waals surface area contributed by atoms with Crippen LogP contribution in [0.5, 0.6) is 0 Å². The summed E-state index contributed by atoms with van der Waals surface area (Å²) in [6, 6.07) is 1.39. The SMILES string of the molecule is CC.O=C(O)/C=C/c1cc(/C=C(\O)C(=O)O)[nH]n1. The highest BCUT2D eigenvalue weighted by molar-refractivity contribution is 5.89. The lowest BCUT2D eigenvalue weighted by Gasteiger charge is -1.88. The maximum atomic E-state index is 10.3. The first kappa shape index (κ1) is 15.4. The monoisotopic (exact) mass is 254 g/mol. The number of nitrogens with one attached hydrogen (secondary N) is 1. The first-order chi connectivity index (χ1) is 8.49. The highest BCUT2D eigenvalue weighted by Gasteiger charge is 2.04. The average molecular weight is 254 g/mol. The molecule has 1 aromatic heterocycles. The van der Waals surface area contributed by atoms with Crippen LogP contribution in [0.2, 0.25) is 0 Å². The predicted octanol–water partition coefficient (Wildman–Crippen LogP) is 1.52. The van der Waals surface area contributed by atoms with Crippen LogP contribution >= 0.6 is 0 Å². The largest absolute Gasteiger partial charge is 0.502 e. The second-order valence-corrected chi connectivity index (χ2v) is 2.75. The third kappa shape index (κ3) is 5.50. The van der Waals surface area contributed by atoms with Crippen LogP contribution in [0.1, 0.15) is 25.2 Å². The molecular formula is C11H14N2O5. The Morgan fingerprint density at radius 1 is 1.28 bits per heavy atom. The third-order valence-corrected chi connectivity index (χ3v) is 1.53. The quantitative estimate of drug-likeness (QED) is 0.477. The van der Waals surface area contributed by atoms with Crippen LogP contribution < -0.4 is 0 Å². The molecule has 1 rings (SSSR count). The first-order valence-corrected chi connectivity index (χ1v) is 5.09. The molecule has 0 aromatic carbocycles. The first-order valence-electron chi connectivity index (χ1n) is 5.09. The Bertz CT molecular complexity index is 474. The number of carboxylic acid groups (broad SMARTS) is 2. The summed E-state index contributed by atoms with van der Waals surface area (Å²) in [6.45, 7) is 4.00. The molecule has 1 aromatic rings. The van der Waals surface area contributed by atoms with Crippen LogP contribution in [-0.2, 0) is 9.59 Å². The Morgan fingerprint density at radius 2 is 1.89 bits per heavy atom. The number of aliphatic hydroxyl groups is 1. The number of carbonyl (C=O) groups is 2. The molecule has 0 fully saturated rings. The minimum absolute atomic E-state index is 0.255. The number of H-pyrrole nitrogens is 1. The zero-order chi connectivity index (χ0) is 14.1. The van der Waals surface area contributed by atoms with Gasteiger partial charge in [0.2, 0.25) is 5.76 Å². The molecule has 0 atom stereocenters. The predicted molar refractivity (Wildman–Crippen MR) is 64.8 cm³/mol. The van der Waals surface area contributed by atoms with Crippen molar-refractivity contribution in [3.63, 3.8) is 0 Å². The highest BCUT2D eigenvalue weighted by atomic mass is 16.4. The lowest BCUT2D eigenvalue weighted by Crippen LogP contribution is -1.98. The molecule has 1 heterocycles. The van der Waals surface area contributed by atoms with Gasteiger partial charge in [-0.3, -0.25) is 5.10 Å². The standard InChI is InChI=1S/C9H8N2O5.C2H6/c12-7(9(15)16)4-6-3-5(10-11-6)1-2-8(13)14;1-2/h1-4,12H,(H,10,11)(H,13,14)(H,15,16);1-2H3/b2-1+,7-4-;. The minimum Gasteiger partial charge on any atom is -0.502 e. The summed E-state index contributed by atoms with van der Waals surface area (Å²) < 4.78 is 0. The zero-order valence-electron chi connectivity index (χ0n) is 9.91. The Balaban J connectivity index is 0.00000137. The maximum absolute atomic E-state index is 10.3. The second kappa shape index (κ2) is 7.66. The van der Waals surface area contributed by atoms with E-state index in [1.165, 1.54) is 12.1 Å². The summed E-state index contributed by atoms with van der Waals surface area (Å²) in [7, 11) is 0. The molecule has 7 nitrogen and oxygen atoms in total. The molecule has 7 heteroatoms. The number of aliphatic carboxylic acids is 2. The van der Waals surface area contributed by atoms with Crippen LogP contribution in [0, 0.1) is 0 Å². The van der Waals surface area contributed by atoms with Gasteiger partial charge < -0.3 is 15.3 Å². The van der Waals surface area contributed by atoms with Gasteiger partial charge in [-0.25, -0.2) is 9.59 Å². The highest BCUT2D eigenvalue weighted by Crippen LogP contribution is 2.06. The molecule has 98 valence electrons. The van der Waals surface area contributed by atoms with E-state index in [1.807, 2.05) is 13.8 Å². The summed E-state index contributed by atoms with van der Waals surface area (Å²) in [6.07, 6.45) is 3.09. The molecule has 0 saturated heterocycles. The van der Waals surface area contributed by atoms with Crippen LogP contribution in [0.15, 0.2) is 17.9 Å². The lowest BCUT2D eigenvalue weighted by atomic mass is 10.3. The van der Waals surface area contributed by atoms with E-state index in [4.69, 9.17) is 15.3 Å². The zero-order valence-corrected chi connectivity index (χ0v) is 9.91. The molecule has 0 aliphatic rings. The Kier molecular flexibility index (Phi) is 6.57. The van der Waals surface area contributed by atoms with Crippen LogP contribution in [0.25, 0.3) is 12.2 Å². The van der Waals surface area contributed by atoms with Crippen molar-refractivity contribution in [1.29, 1.82) is 0 Å². The van der Waals surface area contributed by atoms with Crippen molar-refractivity contribution < 1.29 is 24.9 Å². The van der Waals surface area contributed by atoms with Crippen LogP contribution in [0.4, 0.5) is 0 Å². The van der Waals surface area contributed by atoms with Crippen molar-refractivity contribution in [2.75, 3.05) is 0 Å². The maximum Gasteiger partial charge on any atom is 0.371 e. The fraction of sp³-hybridized carbons (Fsp3) is 0.182. The molecule has 0 aliphatic heterocycles. The molecule has 18 heavy (non-hydrogen) atoms. The Morgan fingerprint density at radius 3 is 2.39 bits per heavy atom. The average Bonchev–Trinajstić information content (AvgIpc) is 2.76. The van der Waals surface area contributed by atoms with Gasteiger partial charge in [0.15, 0.2) is 0 Å². The summed E-state index contributed by atoms with van der Waals surface area (Å²) in [5, 5.41) is 31.7. The fourth-order valence-electron chi connectivity index (χ4n) is 0.878. The van der Waals surface area contributed by atoms with E-state index in [0.717, 1.165) is 12.2 Å². The minimum atomic E-state index is -1.46. The number of aromatic nitrogens is 2. The summed E-state index contributed by atoms with van der Waals surface area (Å²) >= 11 is 0. The molecule has 0 bridgehead atoms. The van der Waals surface area contributed by atoms with E-state index in [-0.39, 0.29) is 5.69 Å². The van der Waals surface area contributed by atoms with Crippen molar-refractivity contribution in [1.82, 2.24) is 10.2 Å². The van der Waals surface area contributed by atoms with Crippen molar-refractivity contribution in [3.8, 4) is 0 Å². The number of carboxylic acids is 2. The summed E-state index contributed by atoms with van der Waals surface area (Å²) in [4.78, 5) is 20.5. The van der Waals surface area contributed by atoms with E-state index < -0.39 is 17.7 Å². The molecule has 0 amide bonds. The van der Waals surface area contributed by atoms with Gasteiger partial charge in [0, 0.05) is 12.2 Å². The van der Waals surface area contributed by atoms with E-state index in [1.54, 1.807) is 0 Å².